The van der Waals surface area contributed by atoms with Crippen LogP contribution in [0.4, 0.5) is 5.82 Å². The van der Waals surface area contributed by atoms with Crippen LogP contribution in [-0.2, 0) is 0 Å². The van der Waals surface area contributed by atoms with Crippen LogP contribution in [0.1, 0.15) is 18.9 Å². The lowest BCUT2D eigenvalue weighted by Gasteiger charge is -2.17. The number of pyridine rings is 1. The topological polar surface area (TPSA) is 39.9 Å². The first-order valence-corrected chi connectivity index (χ1v) is 5.39. The van der Waals surface area contributed by atoms with E-state index in [1.165, 1.54) is 6.42 Å². The van der Waals surface area contributed by atoms with Gasteiger partial charge in [0.25, 0.3) is 0 Å². The van der Waals surface area contributed by atoms with E-state index >= 15 is 0 Å². The molecule has 0 bridgehead atoms. The number of aromatic nitrogens is 1. The predicted octanol–water partition coefficient (Wildman–Crippen LogP) is 2.45. The molecule has 1 aromatic heterocycles. The van der Waals surface area contributed by atoms with Crippen molar-refractivity contribution in [2.45, 2.75) is 13.3 Å². The van der Waals surface area contributed by atoms with Crippen molar-refractivity contribution in [1.29, 1.82) is 5.26 Å². The molecule has 78 valence electrons. The number of halogens is 1. The second-order valence-corrected chi connectivity index (χ2v) is 4.38. The molecule has 1 fully saturated rings. The first-order chi connectivity index (χ1) is 7.19. The van der Waals surface area contributed by atoms with E-state index < -0.39 is 0 Å². The number of anilines is 1. The molecule has 15 heavy (non-hydrogen) atoms. The monoisotopic (exact) mass is 221 g/mol. The summed E-state index contributed by atoms with van der Waals surface area (Å²) in [6, 6.07) is 5.48. The maximum Gasteiger partial charge on any atom is 0.132 e. The van der Waals surface area contributed by atoms with Crippen LogP contribution in [0.5, 0.6) is 0 Å². The Morgan fingerprint density at radius 3 is 3.00 bits per heavy atom. The van der Waals surface area contributed by atoms with E-state index in [-0.39, 0.29) is 0 Å². The molecule has 1 aliphatic rings. The summed E-state index contributed by atoms with van der Waals surface area (Å²) in [5.74, 6) is 1.51. The smallest absolute Gasteiger partial charge is 0.132 e. The molecule has 0 saturated carbocycles. The number of hydrogen-bond donors (Lipinski definition) is 0. The highest BCUT2D eigenvalue weighted by Gasteiger charge is 2.20. The van der Waals surface area contributed by atoms with Gasteiger partial charge in [-0.3, -0.25) is 0 Å². The Labute approximate surface area is 94.3 Å². The molecule has 0 amide bonds. The van der Waals surface area contributed by atoms with Crippen LogP contribution in [0.3, 0.4) is 0 Å². The molecule has 1 aliphatic heterocycles. The minimum Gasteiger partial charge on any atom is -0.356 e. The Kier molecular flexibility index (Phi) is 2.79. The van der Waals surface area contributed by atoms with Crippen LogP contribution in [0.25, 0.3) is 0 Å². The van der Waals surface area contributed by atoms with Crippen LogP contribution >= 0.6 is 11.6 Å². The zero-order valence-electron chi connectivity index (χ0n) is 8.57. The molecule has 2 rings (SSSR count). The Hall–Kier alpha value is -1.27. The minimum absolute atomic E-state index is 0.392. The van der Waals surface area contributed by atoms with Crippen molar-refractivity contribution in [1.82, 2.24) is 4.98 Å². The highest BCUT2D eigenvalue weighted by atomic mass is 35.5. The number of nitrogens with zero attached hydrogens (tertiary/aromatic N) is 3. The van der Waals surface area contributed by atoms with Gasteiger partial charge in [-0.2, -0.15) is 5.26 Å². The summed E-state index contributed by atoms with van der Waals surface area (Å²) in [7, 11) is 0. The maximum atomic E-state index is 8.83. The molecule has 1 unspecified atom stereocenters. The highest BCUT2D eigenvalue weighted by Crippen LogP contribution is 2.24. The van der Waals surface area contributed by atoms with Crippen molar-refractivity contribution < 1.29 is 0 Å². The average Bonchev–Trinajstić information content (AvgIpc) is 2.64. The summed E-state index contributed by atoms with van der Waals surface area (Å²) in [6.07, 6.45) is 1.18. The summed E-state index contributed by atoms with van der Waals surface area (Å²) in [6.45, 7) is 4.22. The zero-order valence-corrected chi connectivity index (χ0v) is 9.33. The van der Waals surface area contributed by atoms with Crippen molar-refractivity contribution in [3.63, 3.8) is 0 Å². The number of nitriles is 1. The quantitative estimate of drug-likeness (QED) is 0.684. The van der Waals surface area contributed by atoms with Crippen LogP contribution in [0.2, 0.25) is 5.15 Å². The van der Waals surface area contributed by atoms with E-state index in [9.17, 15) is 0 Å². The van der Waals surface area contributed by atoms with Gasteiger partial charge in [-0.1, -0.05) is 18.5 Å². The van der Waals surface area contributed by atoms with Gasteiger partial charge in [0.2, 0.25) is 0 Å². The lowest BCUT2D eigenvalue weighted by molar-refractivity contribution is 0.659. The molecule has 0 radical (unpaired) electrons. The lowest BCUT2D eigenvalue weighted by Crippen LogP contribution is -2.20. The largest absolute Gasteiger partial charge is 0.356 e. The molecule has 1 atom stereocenters. The summed E-state index contributed by atoms with van der Waals surface area (Å²) in [4.78, 5) is 6.42. The second-order valence-electron chi connectivity index (χ2n) is 3.99. The van der Waals surface area contributed by atoms with Crippen molar-refractivity contribution in [3.8, 4) is 6.07 Å². The lowest BCUT2D eigenvalue weighted by atomic mass is 10.2. The van der Waals surface area contributed by atoms with E-state index in [4.69, 9.17) is 16.9 Å². The second kappa shape index (κ2) is 4.08. The standard InChI is InChI=1S/C11H12ClN3/c1-8-2-3-15(7-8)11-5-9(6-13)4-10(12)14-11/h4-5,8H,2-3,7H2,1H3. The third-order valence-electron chi connectivity index (χ3n) is 2.66. The van der Waals surface area contributed by atoms with Gasteiger partial charge in [-0.15, -0.1) is 0 Å². The molecule has 4 heteroatoms. The zero-order chi connectivity index (χ0) is 10.8. The molecule has 3 nitrogen and oxygen atoms in total. The summed E-state index contributed by atoms with van der Waals surface area (Å²) in [5.41, 5.74) is 0.574. The molecule has 0 aliphatic carbocycles. The Bertz CT molecular complexity index is 411. The highest BCUT2D eigenvalue weighted by molar-refractivity contribution is 6.29. The first-order valence-electron chi connectivity index (χ1n) is 5.01. The van der Waals surface area contributed by atoms with Gasteiger partial charge in [0.05, 0.1) is 11.6 Å². The first kappa shape index (κ1) is 10.3. The molecular weight excluding hydrogens is 210 g/mol. The Balaban J connectivity index is 2.29. The van der Waals surface area contributed by atoms with Crippen LogP contribution in [-0.4, -0.2) is 18.1 Å². The fourth-order valence-electron chi connectivity index (χ4n) is 1.85. The molecule has 2 heterocycles. The third kappa shape index (κ3) is 2.21. The molecule has 0 N–H and O–H groups in total. The number of rotatable bonds is 1. The molecule has 0 spiro atoms. The van der Waals surface area contributed by atoms with Gasteiger partial charge in [-0.25, -0.2) is 4.98 Å². The van der Waals surface area contributed by atoms with Crippen LogP contribution < -0.4 is 4.90 Å². The SMILES string of the molecule is CC1CCN(c2cc(C#N)cc(Cl)n2)C1. The van der Waals surface area contributed by atoms with E-state index in [1.54, 1.807) is 12.1 Å². The van der Waals surface area contributed by atoms with E-state index in [0.717, 1.165) is 18.9 Å². The molecular formula is C11H12ClN3. The fraction of sp³-hybridized carbons (Fsp3) is 0.455. The van der Waals surface area contributed by atoms with Crippen molar-refractivity contribution in [3.05, 3.63) is 22.8 Å². The molecule has 1 saturated heterocycles. The molecule has 1 aromatic rings. The molecule has 0 aromatic carbocycles. The number of hydrogen-bond acceptors (Lipinski definition) is 3. The Morgan fingerprint density at radius 1 is 1.60 bits per heavy atom. The minimum atomic E-state index is 0.392. The van der Waals surface area contributed by atoms with Gasteiger partial charge >= 0.3 is 0 Å². The summed E-state index contributed by atoms with van der Waals surface area (Å²) < 4.78 is 0. The fourth-order valence-corrected chi connectivity index (χ4v) is 2.06. The van der Waals surface area contributed by atoms with Crippen molar-refractivity contribution >= 4 is 17.4 Å². The Morgan fingerprint density at radius 2 is 2.40 bits per heavy atom. The van der Waals surface area contributed by atoms with E-state index in [1.807, 2.05) is 0 Å². The predicted molar refractivity (Wildman–Crippen MR) is 60.0 cm³/mol. The normalized spacial score (nSPS) is 20.3. The van der Waals surface area contributed by atoms with Gasteiger partial charge in [0.1, 0.15) is 11.0 Å². The summed E-state index contributed by atoms with van der Waals surface area (Å²) >= 11 is 5.85. The van der Waals surface area contributed by atoms with E-state index in [0.29, 0.717) is 16.6 Å². The van der Waals surface area contributed by atoms with Gasteiger partial charge < -0.3 is 4.90 Å². The van der Waals surface area contributed by atoms with Gasteiger partial charge in [0.15, 0.2) is 0 Å². The average molecular weight is 222 g/mol. The van der Waals surface area contributed by atoms with Crippen molar-refractivity contribution in [2.24, 2.45) is 5.92 Å². The maximum absolute atomic E-state index is 8.83. The van der Waals surface area contributed by atoms with Crippen LogP contribution in [0, 0.1) is 17.2 Å². The third-order valence-corrected chi connectivity index (χ3v) is 2.85. The van der Waals surface area contributed by atoms with E-state index in [2.05, 4.69) is 22.9 Å². The van der Waals surface area contributed by atoms with Crippen molar-refractivity contribution in [2.75, 3.05) is 18.0 Å². The summed E-state index contributed by atoms with van der Waals surface area (Å²) in [5, 5.41) is 9.22. The van der Waals surface area contributed by atoms with Gasteiger partial charge in [-0.05, 0) is 24.5 Å². The van der Waals surface area contributed by atoms with Crippen LogP contribution in [0.15, 0.2) is 12.1 Å². The van der Waals surface area contributed by atoms with Gasteiger partial charge in [0, 0.05) is 13.1 Å².